The van der Waals surface area contributed by atoms with Crippen LogP contribution < -0.4 is 5.73 Å². The Morgan fingerprint density at radius 2 is 2.12 bits per heavy atom. The number of aryl methyl sites for hydroxylation is 2. The van der Waals surface area contributed by atoms with Crippen molar-refractivity contribution >= 4 is 28.2 Å². The van der Waals surface area contributed by atoms with Gasteiger partial charge in [0, 0.05) is 0 Å². The number of hydrogen-bond acceptors (Lipinski definition) is 6. The molecule has 0 spiro atoms. The summed E-state index contributed by atoms with van der Waals surface area (Å²) in [7, 11) is 0. The van der Waals surface area contributed by atoms with Crippen molar-refractivity contribution in [2.75, 3.05) is 5.73 Å². The molecule has 7 heteroatoms. The van der Waals surface area contributed by atoms with Gasteiger partial charge >= 0.3 is 0 Å². The van der Waals surface area contributed by atoms with Crippen LogP contribution in [-0.4, -0.2) is 25.1 Å². The van der Waals surface area contributed by atoms with Crippen LogP contribution in [0.3, 0.4) is 0 Å². The average Bonchev–Trinajstić information content (AvgIpc) is 2.83. The van der Waals surface area contributed by atoms with E-state index in [-0.39, 0.29) is 0 Å². The van der Waals surface area contributed by atoms with Gasteiger partial charge < -0.3 is 5.73 Å². The fourth-order valence-corrected chi connectivity index (χ4v) is 2.71. The SMILES string of the molecule is Cc1nc(C)c(-c2n[nH]c3ncnc(N)c23)s1. The van der Waals surface area contributed by atoms with Crippen LogP contribution in [0.15, 0.2) is 6.33 Å². The lowest BCUT2D eigenvalue weighted by Gasteiger charge is -1.96. The number of fused-ring (bicyclic) bond motifs is 1. The predicted octanol–water partition coefficient (Wildman–Crippen LogP) is 1.68. The minimum atomic E-state index is 0.434. The lowest BCUT2D eigenvalue weighted by Crippen LogP contribution is -1.92. The van der Waals surface area contributed by atoms with Crippen molar-refractivity contribution in [2.45, 2.75) is 13.8 Å². The molecule has 3 aromatic heterocycles. The molecule has 6 nitrogen and oxygen atoms in total. The van der Waals surface area contributed by atoms with Crippen LogP contribution in [0.25, 0.3) is 21.6 Å². The van der Waals surface area contributed by atoms with Gasteiger partial charge in [0.25, 0.3) is 0 Å². The highest BCUT2D eigenvalue weighted by molar-refractivity contribution is 7.15. The van der Waals surface area contributed by atoms with Crippen molar-refractivity contribution in [3.63, 3.8) is 0 Å². The second kappa shape index (κ2) is 3.49. The van der Waals surface area contributed by atoms with E-state index in [4.69, 9.17) is 5.73 Å². The van der Waals surface area contributed by atoms with Crippen LogP contribution in [0.4, 0.5) is 5.82 Å². The molecule has 86 valence electrons. The van der Waals surface area contributed by atoms with Crippen LogP contribution in [0.1, 0.15) is 10.7 Å². The van der Waals surface area contributed by atoms with Gasteiger partial charge in [-0.05, 0) is 13.8 Å². The third-order valence-corrected chi connectivity index (χ3v) is 3.59. The van der Waals surface area contributed by atoms with Gasteiger partial charge in [0.05, 0.1) is 21.0 Å². The Kier molecular flexibility index (Phi) is 2.08. The molecular formula is C10H10N6S. The molecule has 0 fully saturated rings. The van der Waals surface area contributed by atoms with E-state index in [1.54, 1.807) is 11.3 Å². The van der Waals surface area contributed by atoms with Gasteiger partial charge in [-0.25, -0.2) is 15.0 Å². The Morgan fingerprint density at radius 1 is 1.29 bits per heavy atom. The first-order chi connectivity index (χ1) is 8.16. The van der Waals surface area contributed by atoms with Gasteiger partial charge in [-0.1, -0.05) is 0 Å². The smallest absolute Gasteiger partial charge is 0.161 e. The zero-order valence-corrected chi connectivity index (χ0v) is 10.2. The number of aromatic nitrogens is 5. The summed E-state index contributed by atoms with van der Waals surface area (Å²) in [4.78, 5) is 13.5. The van der Waals surface area contributed by atoms with E-state index in [2.05, 4.69) is 25.1 Å². The molecule has 0 radical (unpaired) electrons. The summed E-state index contributed by atoms with van der Waals surface area (Å²) in [5.41, 5.74) is 8.25. The van der Waals surface area contributed by atoms with Gasteiger partial charge in [0.2, 0.25) is 0 Å². The highest BCUT2D eigenvalue weighted by Gasteiger charge is 2.17. The van der Waals surface area contributed by atoms with Crippen LogP contribution in [-0.2, 0) is 0 Å². The third-order valence-electron chi connectivity index (χ3n) is 2.51. The number of thiazole rings is 1. The Bertz CT molecular complexity index is 698. The molecular weight excluding hydrogens is 236 g/mol. The highest BCUT2D eigenvalue weighted by Crippen LogP contribution is 2.34. The molecule has 0 aliphatic carbocycles. The molecule has 0 amide bonds. The lowest BCUT2D eigenvalue weighted by atomic mass is 10.2. The topological polar surface area (TPSA) is 93.4 Å². The summed E-state index contributed by atoms with van der Waals surface area (Å²) >= 11 is 1.59. The van der Waals surface area contributed by atoms with E-state index in [1.165, 1.54) is 6.33 Å². The molecule has 3 rings (SSSR count). The van der Waals surface area contributed by atoms with Crippen molar-refractivity contribution in [1.29, 1.82) is 0 Å². The van der Waals surface area contributed by atoms with Crippen LogP contribution >= 0.6 is 11.3 Å². The number of anilines is 1. The first kappa shape index (κ1) is 10.2. The van der Waals surface area contributed by atoms with Crippen molar-refractivity contribution in [1.82, 2.24) is 25.1 Å². The highest BCUT2D eigenvalue weighted by atomic mass is 32.1. The Labute approximate surface area is 101 Å². The first-order valence-corrected chi connectivity index (χ1v) is 5.87. The van der Waals surface area contributed by atoms with Gasteiger partial charge in [0.1, 0.15) is 17.8 Å². The van der Waals surface area contributed by atoms with Gasteiger partial charge in [0.15, 0.2) is 5.65 Å². The minimum Gasteiger partial charge on any atom is -0.383 e. The molecule has 0 saturated carbocycles. The van der Waals surface area contributed by atoms with Crippen molar-refractivity contribution < 1.29 is 0 Å². The number of nitrogen functional groups attached to an aromatic ring is 1. The quantitative estimate of drug-likeness (QED) is 0.681. The van der Waals surface area contributed by atoms with Gasteiger partial charge in [-0.15, -0.1) is 11.3 Å². The first-order valence-electron chi connectivity index (χ1n) is 5.05. The molecule has 3 N–H and O–H groups in total. The number of hydrogen-bond donors (Lipinski definition) is 2. The molecule has 0 saturated heterocycles. The standard InChI is InChI=1S/C10H10N6S/c1-4-8(17-5(2)14-4)7-6-9(11)12-3-13-10(6)16-15-7/h3H,1-2H3,(H3,11,12,13,15,16). The largest absolute Gasteiger partial charge is 0.383 e. The monoisotopic (exact) mass is 246 g/mol. The maximum Gasteiger partial charge on any atom is 0.161 e. The summed E-state index contributed by atoms with van der Waals surface area (Å²) in [5, 5.41) is 8.89. The second-order valence-corrected chi connectivity index (χ2v) is 4.91. The van der Waals surface area contributed by atoms with E-state index in [9.17, 15) is 0 Å². The number of rotatable bonds is 1. The van der Waals surface area contributed by atoms with Crippen LogP contribution in [0, 0.1) is 13.8 Å². The Balaban J connectivity index is 2.35. The van der Waals surface area contributed by atoms with Crippen LogP contribution in [0.5, 0.6) is 0 Å². The summed E-state index contributed by atoms with van der Waals surface area (Å²) < 4.78 is 0. The van der Waals surface area contributed by atoms with E-state index in [0.29, 0.717) is 11.5 Å². The molecule has 0 atom stereocenters. The Hall–Kier alpha value is -2.02. The lowest BCUT2D eigenvalue weighted by molar-refractivity contribution is 1.09. The zero-order valence-electron chi connectivity index (χ0n) is 9.35. The summed E-state index contributed by atoms with van der Waals surface area (Å²) in [6.07, 6.45) is 1.42. The van der Waals surface area contributed by atoms with E-state index < -0.39 is 0 Å². The summed E-state index contributed by atoms with van der Waals surface area (Å²) in [6.45, 7) is 3.93. The fourth-order valence-electron chi connectivity index (χ4n) is 1.80. The van der Waals surface area contributed by atoms with Gasteiger partial charge in [-0.2, -0.15) is 5.10 Å². The van der Waals surface area contributed by atoms with E-state index in [0.717, 1.165) is 26.7 Å². The summed E-state index contributed by atoms with van der Waals surface area (Å²) in [5.74, 6) is 0.434. The molecule has 0 aliphatic heterocycles. The Morgan fingerprint density at radius 3 is 2.82 bits per heavy atom. The molecule has 17 heavy (non-hydrogen) atoms. The van der Waals surface area contributed by atoms with Crippen molar-refractivity contribution in [3.8, 4) is 10.6 Å². The molecule has 3 aromatic rings. The number of nitrogens with one attached hydrogen (secondary N) is 1. The maximum absolute atomic E-state index is 5.87. The van der Waals surface area contributed by atoms with Crippen molar-refractivity contribution in [3.05, 3.63) is 17.0 Å². The summed E-state index contributed by atoms with van der Waals surface area (Å²) in [6, 6.07) is 0. The fraction of sp³-hybridized carbons (Fsp3) is 0.200. The molecule has 0 bridgehead atoms. The molecule has 0 aromatic carbocycles. The van der Waals surface area contributed by atoms with E-state index in [1.807, 2.05) is 13.8 Å². The number of nitrogens with two attached hydrogens (primary N) is 1. The average molecular weight is 246 g/mol. The van der Waals surface area contributed by atoms with Crippen molar-refractivity contribution in [2.24, 2.45) is 0 Å². The third kappa shape index (κ3) is 1.47. The van der Waals surface area contributed by atoms with Crippen LogP contribution in [0.2, 0.25) is 0 Å². The van der Waals surface area contributed by atoms with E-state index >= 15 is 0 Å². The number of aromatic amines is 1. The molecule has 3 heterocycles. The predicted molar refractivity (Wildman–Crippen MR) is 66.7 cm³/mol. The van der Waals surface area contributed by atoms with Gasteiger partial charge in [-0.3, -0.25) is 5.10 Å². The molecule has 0 aliphatic rings. The normalized spacial score (nSPS) is 11.2. The number of H-pyrrole nitrogens is 1. The molecule has 0 unspecified atom stereocenters. The maximum atomic E-state index is 5.87. The zero-order chi connectivity index (χ0) is 12.0. The number of nitrogens with zero attached hydrogens (tertiary/aromatic N) is 4. The second-order valence-electron chi connectivity index (χ2n) is 3.70. The minimum absolute atomic E-state index is 0.434.